The van der Waals surface area contributed by atoms with Crippen LogP contribution in [-0.4, -0.2) is 29.1 Å². The van der Waals surface area contributed by atoms with Gasteiger partial charge in [-0.1, -0.05) is 243 Å². The number of thiophene rings is 2. The van der Waals surface area contributed by atoms with Crippen LogP contribution in [0.15, 0.2) is 303 Å². The van der Waals surface area contributed by atoms with Crippen molar-refractivity contribution in [2.45, 2.75) is 0 Å². The van der Waals surface area contributed by atoms with E-state index in [1.165, 1.54) is 89.1 Å². The average molecular weight is 1210 g/mol. The number of fused-ring (bicyclic) bond motifs is 22. The number of benzene rings is 14. The van der Waals surface area contributed by atoms with Gasteiger partial charge in [-0.2, -0.15) is 0 Å². The second-order valence-electron chi connectivity index (χ2n) is 23.1. The third-order valence-corrected chi connectivity index (χ3v) is 20.4. The number of hydrogen-bond acceptors (Lipinski definition) is 6. The van der Waals surface area contributed by atoms with Crippen molar-refractivity contribution in [1.82, 2.24) is 29.1 Å². The van der Waals surface area contributed by atoms with E-state index in [9.17, 15) is 0 Å². The van der Waals surface area contributed by atoms with E-state index in [0.717, 1.165) is 66.9 Å². The zero-order chi connectivity index (χ0) is 64.7. The van der Waals surface area contributed by atoms with Crippen LogP contribution in [0.2, 0.25) is 0 Å². The van der Waals surface area contributed by atoms with Crippen LogP contribution in [0, 0.1) is 0 Å². The second-order valence-corrected chi connectivity index (χ2v) is 25.2. The van der Waals surface area contributed by atoms with Crippen LogP contribution in [0.25, 0.3) is 184 Å². The van der Waals surface area contributed by atoms with Gasteiger partial charge in [0, 0.05) is 117 Å². The van der Waals surface area contributed by atoms with Crippen molar-refractivity contribution in [2.75, 3.05) is 0 Å². The van der Waals surface area contributed by atoms with Crippen molar-refractivity contribution < 1.29 is 6.85 Å². The van der Waals surface area contributed by atoms with E-state index in [2.05, 4.69) is 234 Å². The van der Waals surface area contributed by atoms with Crippen LogP contribution in [0.3, 0.4) is 0 Å². The molecule has 0 saturated carbocycles. The van der Waals surface area contributed by atoms with Crippen LogP contribution < -0.4 is 0 Å². The SMILES string of the molecule is [2H]c1c([2H])c([2H])c(-c2nc(-c3cccc(-n4c5ccccc5c5c6ccccc6c6sc7ccccc7c6c54)c3)nc3ccccc23)c([2H])c1[2H].c1ccc(-c2nc(-c3cccc(-n4c5ccccc5c5c6ccccc6c6sc7ccccc7c6c54)c3)nc3ccccc23)cc1. The molecule has 14 aromatic carbocycles. The average Bonchev–Trinajstić information content (AvgIpc) is 1.55. The molecule has 0 fully saturated rings. The maximum Gasteiger partial charge on any atom is 0.160 e. The zero-order valence-corrected chi connectivity index (χ0v) is 50.6. The van der Waals surface area contributed by atoms with Crippen molar-refractivity contribution in [3.63, 3.8) is 0 Å². The van der Waals surface area contributed by atoms with Crippen molar-refractivity contribution in [3.05, 3.63) is 303 Å². The fraction of sp³-hybridized carbons (Fsp3) is 0. The molecule has 0 atom stereocenters. The lowest BCUT2D eigenvalue weighted by molar-refractivity contribution is 1.18. The summed E-state index contributed by atoms with van der Waals surface area (Å²) in [5.74, 6) is 1.12. The van der Waals surface area contributed by atoms with E-state index in [1.54, 1.807) is 0 Å². The van der Waals surface area contributed by atoms with Gasteiger partial charge in [-0.15, -0.1) is 22.7 Å². The standard InChI is InChI=1S/2C42H25N3S/c2*1-2-13-26(14-3-1)39-31-19-6-9-22-34(31)43-42(44-39)27-15-12-16-28(25-27)45-35-23-10-7-20-32(35)37-29-17-4-5-18-30(29)41-38(40(37)45)33-21-8-11-24-36(33)46-41/h2*1-25H/i1D,2D,3D,13D,14D;. The highest BCUT2D eigenvalue weighted by Crippen LogP contribution is 2.50. The van der Waals surface area contributed by atoms with Gasteiger partial charge >= 0.3 is 0 Å². The van der Waals surface area contributed by atoms with Crippen LogP contribution >= 0.6 is 22.7 Å². The van der Waals surface area contributed by atoms with Gasteiger partial charge in [-0.3, -0.25) is 0 Å². The minimum atomic E-state index is -0.438. The Morgan fingerprint density at radius 2 is 0.663 bits per heavy atom. The lowest BCUT2D eigenvalue weighted by Gasteiger charge is -2.13. The molecule has 0 spiro atoms. The first-order valence-electron chi connectivity index (χ1n) is 33.1. The van der Waals surface area contributed by atoms with E-state index in [0.29, 0.717) is 22.4 Å². The summed E-state index contributed by atoms with van der Waals surface area (Å²) in [7, 11) is 0. The van der Waals surface area contributed by atoms with E-state index in [-0.39, 0.29) is 17.6 Å². The molecule has 0 saturated heterocycles. The number of aromatic nitrogens is 6. The quantitative estimate of drug-likeness (QED) is 0.166. The molecule has 0 N–H and O–H groups in total. The molecule has 6 nitrogen and oxygen atoms in total. The first-order chi connectivity index (χ1) is 47.7. The van der Waals surface area contributed by atoms with E-state index in [1.807, 2.05) is 71.2 Å². The van der Waals surface area contributed by atoms with Gasteiger partial charge in [0.2, 0.25) is 0 Å². The maximum absolute atomic E-state index is 8.74. The Balaban J connectivity index is 0.000000137. The molecule has 0 aliphatic carbocycles. The van der Waals surface area contributed by atoms with Crippen molar-refractivity contribution >= 4 is 150 Å². The molecule has 0 unspecified atom stereocenters. The molecule has 0 aliphatic rings. The molecular formula is C84H50N6S2. The fourth-order valence-electron chi connectivity index (χ4n) is 14.1. The molecule has 20 aromatic rings. The number of rotatable bonds is 6. The van der Waals surface area contributed by atoms with Crippen LogP contribution in [0.1, 0.15) is 6.85 Å². The van der Waals surface area contributed by atoms with E-state index < -0.39 is 18.1 Å². The van der Waals surface area contributed by atoms with E-state index in [4.69, 9.17) is 26.8 Å². The van der Waals surface area contributed by atoms with Crippen LogP contribution in [0.5, 0.6) is 0 Å². The molecule has 6 heterocycles. The molecule has 20 rings (SSSR count). The van der Waals surface area contributed by atoms with Gasteiger partial charge in [0.05, 0.1) is 51.3 Å². The summed E-state index contributed by atoms with van der Waals surface area (Å²) in [5.41, 5.74) is 12.3. The third kappa shape index (κ3) is 8.11. The fourth-order valence-corrected chi connectivity index (χ4v) is 16.6. The third-order valence-electron chi connectivity index (χ3n) is 18.0. The minimum absolute atomic E-state index is 0.0537. The summed E-state index contributed by atoms with van der Waals surface area (Å²) < 4.78 is 52.2. The number of hydrogen-bond donors (Lipinski definition) is 0. The van der Waals surface area contributed by atoms with Crippen LogP contribution in [-0.2, 0) is 0 Å². The molecule has 0 aliphatic heterocycles. The number of nitrogens with zero attached hydrogens (tertiary/aromatic N) is 6. The summed E-state index contributed by atoms with van der Waals surface area (Å²) in [6.07, 6.45) is 0. The Morgan fingerprint density at radius 3 is 1.15 bits per heavy atom. The van der Waals surface area contributed by atoms with Gasteiger partial charge in [-0.25, -0.2) is 19.9 Å². The van der Waals surface area contributed by atoms with Crippen LogP contribution in [0.4, 0.5) is 0 Å². The zero-order valence-electron chi connectivity index (χ0n) is 54.0. The summed E-state index contributed by atoms with van der Waals surface area (Å²) in [6.45, 7) is 0. The Kier molecular flexibility index (Phi) is 10.8. The topological polar surface area (TPSA) is 61.4 Å². The second kappa shape index (κ2) is 21.0. The van der Waals surface area contributed by atoms with Gasteiger partial charge in [-0.05, 0) is 71.4 Å². The Hall–Kier alpha value is -11.7. The molecule has 0 bridgehead atoms. The molecule has 0 radical (unpaired) electrons. The summed E-state index contributed by atoms with van der Waals surface area (Å²) >= 11 is 3.71. The molecule has 92 heavy (non-hydrogen) atoms. The van der Waals surface area contributed by atoms with Gasteiger partial charge in [0.1, 0.15) is 0 Å². The lowest BCUT2D eigenvalue weighted by Crippen LogP contribution is -1.98. The highest BCUT2D eigenvalue weighted by atomic mass is 32.1. The molecule has 0 amide bonds. The molecule has 428 valence electrons. The van der Waals surface area contributed by atoms with Gasteiger partial charge < -0.3 is 9.13 Å². The summed E-state index contributed by atoms with van der Waals surface area (Å²) in [4.78, 5) is 20.2. The predicted molar refractivity (Wildman–Crippen MR) is 390 cm³/mol. The number of para-hydroxylation sites is 4. The van der Waals surface area contributed by atoms with Gasteiger partial charge in [0.25, 0.3) is 0 Å². The van der Waals surface area contributed by atoms with Crippen molar-refractivity contribution in [1.29, 1.82) is 0 Å². The first-order valence-corrected chi connectivity index (χ1v) is 32.3. The molecule has 8 heteroatoms. The monoisotopic (exact) mass is 1210 g/mol. The normalized spacial score (nSPS) is 12.7. The summed E-state index contributed by atoms with van der Waals surface area (Å²) in [6, 6.07) is 93.4. The Labute approximate surface area is 542 Å². The Morgan fingerprint density at radius 1 is 0.283 bits per heavy atom. The largest absolute Gasteiger partial charge is 0.309 e. The summed E-state index contributed by atoms with van der Waals surface area (Å²) in [5, 5.41) is 16.6. The van der Waals surface area contributed by atoms with Crippen molar-refractivity contribution in [3.8, 4) is 56.7 Å². The smallest absolute Gasteiger partial charge is 0.160 e. The predicted octanol–water partition coefficient (Wildman–Crippen LogP) is 23.2. The maximum atomic E-state index is 8.74. The van der Waals surface area contributed by atoms with Crippen molar-refractivity contribution in [2.24, 2.45) is 0 Å². The highest BCUT2D eigenvalue weighted by molar-refractivity contribution is 7.27. The molecule has 6 aromatic heterocycles. The van der Waals surface area contributed by atoms with E-state index >= 15 is 0 Å². The Bertz CT molecular complexity index is 6700. The lowest BCUT2D eigenvalue weighted by atomic mass is 10.00. The minimum Gasteiger partial charge on any atom is -0.309 e. The first kappa shape index (κ1) is 47.3. The highest BCUT2D eigenvalue weighted by Gasteiger charge is 2.25. The van der Waals surface area contributed by atoms with Gasteiger partial charge in [0.15, 0.2) is 11.6 Å². The molecular weight excluding hydrogens is 1160 g/mol.